The molecule has 2 aromatic carbocycles. The van der Waals surface area contributed by atoms with E-state index in [1.807, 2.05) is 94.3 Å². The number of aromatic nitrogens is 7. The van der Waals surface area contributed by atoms with E-state index in [0.29, 0.717) is 52.7 Å². The molecule has 1 unspecified atom stereocenters. The van der Waals surface area contributed by atoms with Gasteiger partial charge in [0.15, 0.2) is 17.4 Å². The SMILES string of the molecule is Cc1ncsc1-c1ccc([C@H](C)NC(=O)[C@@H]2C[C@@H](O)CN2C(=O)[C@H](c2cc(N3CCC(n4cnc(CN5CCC(OC6CC(Oc7cc(N8C9CC[C@@H]8CN(c8cc(-c%10ccccc%10O)nnc8N)C9)ccn7)C6)CC5)c4)CC3)no2)C(C)C)cc1. The lowest BCUT2D eigenvalue weighted by molar-refractivity contribution is -0.141. The van der Waals surface area contributed by atoms with Crippen LogP contribution in [0.5, 0.6) is 11.6 Å². The number of fused-ring (bicyclic) bond motifs is 2. The number of nitrogens with zero attached hydrogens (tertiary/aromatic N) is 12. The Morgan fingerprint density at radius 3 is 2.33 bits per heavy atom. The first-order valence-corrected chi connectivity index (χ1v) is 31.6. The Hall–Kier alpha value is -7.66. The van der Waals surface area contributed by atoms with E-state index < -0.39 is 18.1 Å². The number of nitrogens with one attached hydrogen (secondary N) is 1. The van der Waals surface area contributed by atoms with E-state index in [1.54, 1.807) is 23.5 Å². The second kappa shape index (κ2) is 24.6. The minimum absolute atomic E-state index is 0.0737. The number of aryl methyl sites for hydroxylation is 1. The molecule has 6 aliphatic rings. The summed E-state index contributed by atoms with van der Waals surface area (Å²) in [7, 11) is 0. The summed E-state index contributed by atoms with van der Waals surface area (Å²) in [6.45, 7) is 13.8. The van der Waals surface area contributed by atoms with Gasteiger partial charge in [0.1, 0.15) is 23.8 Å². The molecule has 5 aromatic heterocycles. The molecule has 13 rings (SSSR count). The summed E-state index contributed by atoms with van der Waals surface area (Å²) in [6, 6.07) is 23.1. The van der Waals surface area contributed by atoms with Crippen LogP contribution in [-0.4, -0.2) is 155 Å². The van der Waals surface area contributed by atoms with Crippen molar-refractivity contribution in [3.63, 3.8) is 0 Å². The molecular weight excluding hydrogens is 1110 g/mol. The first-order valence-electron chi connectivity index (χ1n) is 30.7. The number of carbonyl (C=O) groups excluding carboxylic acids is 2. The molecule has 0 radical (unpaired) electrons. The number of aliphatic hydroxyl groups excluding tert-OH is 1. The predicted octanol–water partition coefficient (Wildman–Crippen LogP) is 8.31. The second-order valence-electron chi connectivity index (χ2n) is 24.9. The van der Waals surface area contributed by atoms with Crippen molar-refractivity contribution in [1.82, 2.24) is 50.0 Å². The lowest BCUT2D eigenvalue weighted by Crippen LogP contribution is -2.54. The number of piperazine rings is 1. The number of phenolic OH excluding ortho intramolecular Hbond substituents is 1. The summed E-state index contributed by atoms with van der Waals surface area (Å²) in [4.78, 5) is 54.3. The van der Waals surface area contributed by atoms with Gasteiger partial charge in [-0.3, -0.25) is 14.5 Å². The molecule has 21 nitrogen and oxygen atoms in total. The molecule has 2 amide bonds. The van der Waals surface area contributed by atoms with Crippen molar-refractivity contribution in [3.8, 4) is 33.3 Å². The Kier molecular flexibility index (Phi) is 16.4. The smallest absolute Gasteiger partial charge is 0.243 e. The molecule has 10 heterocycles. The Morgan fingerprint density at radius 2 is 1.59 bits per heavy atom. The van der Waals surface area contributed by atoms with E-state index in [4.69, 9.17) is 24.7 Å². The molecule has 0 spiro atoms. The number of ether oxygens (including phenoxy) is 2. The maximum absolute atomic E-state index is 14.4. The number of phenols is 1. The summed E-state index contributed by atoms with van der Waals surface area (Å²) in [6.07, 6.45) is 13.6. The first-order chi connectivity index (χ1) is 41.7. The quantitative estimate of drug-likeness (QED) is 0.0631. The number of imidazole rings is 1. The molecule has 5 N–H and O–H groups in total. The number of benzene rings is 2. The third kappa shape index (κ3) is 12.1. The average Bonchev–Trinajstić information content (AvgIpc) is 3.68. The molecule has 5 aliphatic heterocycles. The van der Waals surface area contributed by atoms with E-state index >= 15 is 0 Å². The van der Waals surface area contributed by atoms with Crippen LogP contribution in [0.3, 0.4) is 0 Å². The number of carbonyl (C=O) groups is 2. The lowest BCUT2D eigenvalue weighted by atomic mass is 9.91. The monoisotopic (exact) mass is 1190 g/mol. The highest BCUT2D eigenvalue weighted by Crippen LogP contribution is 2.41. The molecule has 1 saturated carbocycles. The van der Waals surface area contributed by atoms with Crippen molar-refractivity contribution >= 4 is 46.2 Å². The molecule has 86 heavy (non-hydrogen) atoms. The highest BCUT2D eigenvalue weighted by atomic mass is 32.1. The fourth-order valence-electron chi connectivity index (χ4n) is 14.0. The van der Waals surface area contributed by atoms with Crippen LogP contribution in [0, 0.1) is 12.8 Å². The van der Waals surface area contributed by atoms with E-state index in [0.717, 1.165) is 136 Å². The van der Waals surface area contributed by atoms with Crippen LogP contribution in [0.1, 0.15) is 119 Å². The molecular formula is C64H78N14O7S. The third-order valence-electron chi connectivity index (χ3n) is 18.7. The van der Waals surface area contributed by atoms with Crippen LogP contribution < -0.4 is 30.5 Å². The first kappa shape index (κ1) is 57.4. The van der Waals surface area contributed by atoms with Crippen molar-refractivity contribution in [2.45, 2.75) is 153 Å². The normalized spacial score (nSPS) is 23.7. The second-order valence-corrected chi connectivity index (χ2v) is 25.7. The summed E-state index contributed by atoms with van der Waals surface area (Å²) in [5, 5.41) is 37.5. The largest absolute Gasteiger partial charge is 0.507 e. The van der Waals surface area contributed by atoms with Gasteiger partial charge in [-0.05, 0) is 93.7 Å². The number of β-amino-alcohol motifs (C(OH)–C–C–N with tert-alkyl or cyclic N) is 1. The number of aliphatic hydroxyl groups is 1. The maximum atomic E-state index is 14.4. The topological polar surface area (TPSA) is 243 Å². The number of aromatic hydroxyl groups is 1. The zero-order valence-corrected chi connectivity index (χ0v) is 50.2. The van der Waals surface area contributed by atoms with Gasteiger partial charge in [-0.15, -0.1) is 21.5 Å². The molecule has 22 heteroatoms. The number of rotatable bonds is 18. The van der Waals surface area contributed by atoms with Gasteiger partial charge in [0.25, 0.3) is 0 Å². The van der Waals surface area contributed by atoms with Crippen LogP contribution in [0.4, 0.5) is 23.0 Å². The summed E-state index contributed by atoms with van der Waals surface area (Å²) >= 11 is 1.60. The zero-order chi connectivity index (χ0) is 59.2. The van der Waals surface area contributed by atoms with Gasteiger partial charge in [-0.25, -0.2) is 15.0 Å². The standard InChI is InChI=1S/C64H78N14O7S/c1-38(2)60(64(82)77-35-48(79)26-55(77)63(81)69-39(3)41-9-11-42(12-10-41)61-40(4)68-37-86-61)57-30-58(72-85-57)74-23-16-44(17-24-74)76-32-43(67-36-76)31-73-21-18-49(19-22-73)83-50-27-51(28-50)84-59-25-45(15-20-66-59)78-46-13-14-47(78)34-75(33-46)54-29-53(70-71-62(54)65)52-7-5-6-8-56(52)80/h5-12,15,20,25,29-30,32,36-39,44,46-51,55,60,79-80H,13-14,16-19,21-24,26-28,31,33-35H2,1-4H3,(H2,65,71)(H,69,81)/t39-,46+,47?,48+,50?,51?,55-,60-/m0/s1. The summed E-state index contributed by atoms with van der Waals surface area (Å²) in [5.74, 6) is 1.01. The van der Waals surface area contributed by atoms with Crippen LogP contribution in [-0.2, 0) is 20.9 Å². The van der Waals surface area contributed by atoms with E-state index in [-0.39, 0.29) is 60.8 Å². The van der Waals surface area contributed by atoms with Crippen LogP contribution in [0.15, 0.2) is 102 Å². The van der Waals surface area contributed by atoms with Crippen molar-refractivity contribution < 1.29 is 33.8 Å². The number of nitrogens with two attached hydrogens (primary N) is 1. The van der Waals surface area contributed by atoms with Crippen molar-refractivity contribution in [2.75, 3.05) is 66.2 Å². The highest BCUT2D eigenvalue weighted by molar-refractivity contribution is 7.13. The summed E-state index contributed by atoms with van der Waals surface area (Å²) < 4.78 is 21.3. The van der Waals surface area contributed by atoms with Crippen LogP contribution >= 0.6 is 11.3 Å². The highest BCUT2D eigenvalue weighted by Gasteiger charge is 2.45. The number of likely N-dealkylation sites (tertiary alicyclic amines) is 2. The molecule has 6 atom stereocenters. The van der Waals surface area contributed by atoms with E-state index in [9.17, 15) is 19.8 Å². The number of thiazole rings is 1. The maximum Gasteiger partial charge on any atom is 0.243 e. The van der Waals surface area contributed by atoms with Gasteiger partial charge >= 0.3 is 0 Å². The number of amides is 2. The van der Waals surface area contributed by atoms with Crippen molar-refractivity contribution in [3.05, 3.63) is 120 Å². The fraction of sp³-hybridized carbons (Fsp3) is 0.500. The van der Waals surface area contributed by atoms with Gasteiger partial charge in [0.2, 0.25) is 17.7 Å². The van der Waals surface area contributed by atoms with Gasteiger partial charge < -0.3 is 59.4 Å². The van der Waals surface area contributed by atoms with Gasteiger partial charge in [0.05, 0.1) is 63.8 Å². The Morgan fingerprint density at radius 1 is 0.826 bits per heavy atom. The Bertz CT molecular complexity index is 3480. The Labute approximate surface area is 505 Å². The molecule has 1 aliphatic carbocycles. The zero-order valence-electron chi connectivity index (χ0n) is 49.4. The predicted molar refractivity (Wildman–Crippen MR) is 328 cm³/mol. The van der Waals surface area contributed by atoms with Crippen LogP contribution in [0.25, 0.3) is 21.7 Å². The summed E-state index contributed by atoms with van der Waals surface area (Å²) in [5.41, 5.74) is 15.5. The molecule has 452 valence electrons. The number of piperidine rings is 2. The third-order valence-corrected chi connectivity index (χ3v) is 19.7. The van der Waals surface area contributed by atoms with Crippen molar-refractivity contribution in [1.29, 1.82) is 0 Å². The number of hydrogen-bond acceptors (Lipinski definition) is 19. The number of para-hydroxylation sites is 1. The molecule has 5 saturated heterocycles. The minimum Gasteiger partial charge on any atom is -0.507 e. The van der Waals surface area contributed by atoms with Gasteiger partial charge in [-0.1, -0.05) is 55.4 Å². The van der Waals surface area contributed by atoms with Gasteiger partial charge in [0, 0.05) is 126 Å². The number of pyridine rings is 1. The minimum atomic E-state index is -0.813. The average molecular weight is 1190 g/mol. The van der Waals surface area contributed by atoms with Crippen LogP contribution in [0.2, 0.25) is 0 Å². The van der Waals surface area contributed by atoms with Gasteiger partial charge in [-0.2, -0.15) is 0 Å². The number of anilines is 4. The molecule has 6 fully saturated rings. The lowest BCUT2D eigenvalue weighted by Gasteiger charge is -2.43. The Balaban J connectivity index is 0.534. The number of hydrogen-bond donors (Lipinski definition) is 4. The van der Waals surface area contributed by atoms with Crippen molar-refractivity contribution in [2.24, 2.45) is 5.92 Å². The van der Waals surface area contributed by atoms with E-state index in [2.05, 4.69) is 73.1 Å². The fourth-order valence-corrected chi connectivity index (χ4v) is 14.8. The molecule has 2 bridgehead atoms. The molecule has 7 aromatic rings. The number of nitrogen functional groups attached to an aromatic ring is 1. The van der Waals surface area contributed by atoms with E-state index in [1.165, 1.54) is 4.90 Å².